The van der Waals surface area contributed by atoms with Crippen LogP contribution in [0.2, 0.25) is 5.02 Å². The van der Waals surface area contributed by atoms with E-state index in [2.05, 4.69) is 50.4 Å². The van der Waals surface area contributed by atoms with Crippen molar-refractivity contribution in [3.63, 3.8) is 0 Å². The molecule has 2 amide bonds. The van der Waals surface area contributed by atoms with E-state index in [-0.39, 0.29) is 23.3 Å². The van der Waals surface area contributed by atoms with E-state index < -0.39 is 6.04 Å². The van der Waals surface area contributed by atoms with Gasteiger partial charge in [-0.25, -0.2) is 0 Å². The Morgan fingerprint density at radius 2 is 1.48 bits per heavy atom. The molecule has 0 radical (unpaired) electrons. The van der Waals surface area contributed by atoms with E-state index >= 15 is 0 Å². The third-order valence-corrected chi connectivity index (χ3v) is 8.19. The summed E-state index contributed by atoms with van der Waals surface area (Å²) in [7, 11) is 0. The van der Waals surface area contributed by atoms with E-state index in [4.69, 9.17) is 11.6 Å². The highest BCUT2D eigenvalue weighted by atomic mass is 35.5. The Hall–Kier alpha value is -3.11. The number of amides is 2. The highest BCUT2D eigenvalue weighted by Gasteiger charge is 2.31. The van der Waals surface area contributed by atoms with Gasteiger partial charge in [0.05, 0.1) is 0 Å². The predicted octanol–water partition coefficient (Wildman–Crippen LogP) is 7.66. The molecule has 1 fully saturated rings. The molecule has 5 heteroatoms. The predicted molar refractivity (Wildman–Crippen MR) is 164 cm³/mol. The number of aryl methyl sites for hydroxylation is 1. The van der Waals surface area contributed by atoms with E-state index in [1.807, 2.05) is 54.6 Å². The molecule has 0 unspecified atom stereocenters. The van der Waals surface area contributed by atoms with E-state index in [9.17, 15) is 9.59 Å². The normalized spacial score (nSPS) is 14.9. The molecule has 1 aliphatic rings. The quantitative estimate of drug-likeness (QED) is 0.278. The molecule has 0 bridgehead atoms. The lowest BCUT2D eigenvalue weighted by molar-refractivity contribution is -0.141. The largest absolute Gasteiger partial charge is 0.352 e. The summed E-state index contributed by atoms with van der Waals surface area (Å²) in [5, 5.41) is 3.96. The van der Waals surface area contributed by atoms with Gasteiger partial charge in [0, 0.05) is 30.5 Å². The molecule has 3 aromatic carbocycles. The summed E-state index contributed by atoms with van der Waals surface area (Å²) in [5.74, 6) is -0.0813. The van der Waals surface area contributed by atoms with Gasteiger partial charge < -0.3 is 10.2 Å². The second-order valence-corrected chi connectivity index (χ2v) is 12.6. The van der Waals surface area contributed by atoms with Crippen molar-refractivity contribution in [2.45, 2.75) is 96.2 Å². The smallest absolute Gasteiger partial charge is 0.243 e. The fourth-order valence-electron chi connectivity index (χ4n) is 5.45. The Kier molecular flexibility index (Phi) is 10.4. The van der Waals surface area contributed by atoms with Gasteiger partial charge in [0.15, 0.2) is 0 Å². The fraction of sp³-hybridized carbons (Fsp3) is 0.429. The highest BCUT2D eigenvalue weighted by molar-refractivity contribution is 6.30. The van der Waals surface area contributed by atoms with Crippen LogP contribution in [0.3, 0.4) is 0 Å². The van der Waals surface area contributed by atoms with E-state index in [1.54, 1.807) is 4.90 Å². The Labute approximate surface area is 245 Å². The van der Waals surface area contributed by atoms with Gasteiger partial charge in [-0.1, -0.05) is 118 Å². The first-order valence-electron chi connectivity index (χ1n) is 14.7. The molecule has 4 nitrogen and oxygen atoms in total. The van der Waals surface area contributed by atoms with Gasteiger partial charge in [0.2, 0.25) is 11.8 Å². The summed E-state index contributed by atoms with van der Waals surface area (Å²) >= 11 is 6.15. The van der Waals surface area contributed by atoms with Gasteiger partial charge in [-0.05, 0) is 59.1 Å². The molecule has 1 N–H and O–H groups in total. The molecule has 1 aliphatic carbocycles. The minimum absolute atomic E-state index is 0.0189. The second-order valence-electron chi connectivity index (χ2n) is 12.1. The summed E-state index contributed by atoms with van der Waals surface area (Å²) in [4.78, 5) is 29.6. The average molecular weight is 559 g/mol. The average Bonchev–Trinajstić information content (AvgIpc) is 2.95. The first kappa shape index (κ1) is 29.9. The lowest BCUT2D eigenvalue weighted by Gasteiger charge is -2.33. The van der Waals surface area contributed by atoms with Crippen molar-refractivity contribution in [1.29, 1.82) is 0 Å². The Bertz CT molecular complexity index is 1230. The minimum atomic E-state index is -0.601. The lowest BCUT2D eigenvalue weighted by atomic mass is 9.86. The van der Waals surface area contributed by atoms with Crippen molar-refractivity contribution in [2.24, 2.45) is 0 Å². The molecular weight excluding hydrogens is 516 g/mol. The summed E-state index contributed by atoms with van der Waals surface area (Å²) in [6.45, 7) is 6.96. The van der Waals surface area contributed by atoms with Crippen LogP contribution in [0.5, 0.6) is 0 Å². The van der Waals surface area contributed by atoms with Gasteiger partial charge in [-0.3, -0.25) is 9.59 Å². The number of carbonyl (C=O) groups excluding carboxylic acids is 2. The maximum absolute atomic E-state index is 14.0. The molecule has 1 saturated carbocycles. The van der Waals surface area contributed by atoms with Crippen LogP contribution in [-0.2, 0) is 34.4 Å². The van der Waals surface area contributed by atoms with Gasteiger partial charge in [0.1, 0.15) is 6.04 Å². The zero-order chi connectivity index (χ0) is 28.5. The number of hydrogen-bond donors (Lipinski definition) is 1. The van der Waals surface area contributed by atoms with Crippen molar-refractivity contribution in [2.75, 3.05) is 0 Å². The fourth-order valence-corrected chi connectivity index (χ4v) is 5.58. The Morgan fingerprint density at radius 3 is 2.10 bits per heavy atom. The summed E-state index contributed by atoms with van der Waals surface area (Å²) in [6, 6.07) is 25.7. The van der Waals surface area contributed by atoms with E-state index in [0.29, 0.717) is 30.8 Å². The zero-order valence-corrected chi connectivity index (χ0v) is 24.9. The van der Waals surface area contributed by atoms with Crippen LogP contribution in [0.15, 0.2) is 78.9 Å². The zero-order valence-electron chi connectivity index (χ0n) is 24.2. The van der Waals surface area contributed by atoms with Crippen LogP contribution in [-0.4, -0.2) is 28.8 Å². The summed E-state index contributed by atoms with van der Waals surface area (Å²) in [6.07, 6.45) is 6.92. The summed E-state index contributed by atoms with van der Waals surface area (Å²) in [5.41, 5.74) is 4.47. The SMILES string of the molecule is CC(C)(C)c1ccc(CCC(=O)N(Cc2ccc(Cl)cc2)[C@@H](Cc2ccccc2)C(=O)NC2CCCCC2)cc1. The third kappa shape index (κ3) is 8.69. The van der Waals surface area contributed by atoms with Crippen molar-refractivity contribution < 1.29 is 9.59 Å². The molecule has 0 saturated heterocycles. The third-order valence-electron chi connectivity index (χ3n) is 7.94. The number of benzene rings is 3. The maximum atomic E-state index is 14.0. The van der Waals surface area contributed by atoms with Crippen LogP contribution in [0.25, 0.3) is 0 Å². The van der Waals surface area contributed by atoms with Gasteiger partial charge >= 0.3 is 0 Å². The van der Waals surface area contributed by atoms with Crippen LogP contribution in [0.1, 0.15) is 81.5 Å². The second kappa shape index (κ2) is 14.0. The highest BCUT2D eigenvalue weighted by Crippen LogP contribution is 2.24. The van der Waals surface area contributed by atoms with Crippen LogP contribution >= 0.6 is 11.6 Å². The van der Waals surface area contributed by atoms with Crippen LogP contribution in [0.4, 0.5) is 0 Å². The van der Waals surface area contributed by atoms with Crippen LogP contribution in [0, 0.1) is 0 Å². The molecule has 0 spiro atoms. The number of halogens is 1. The van der Waals surface area contributed by atoms with Crippen LogP contribution < -0.4 is 5.32 Å². The number of carbonyl (C=O) groups is 2. The molecule has 0 aliphatic heterocycles. The standard InChI is InChI=1S/C35H43ClN2O2/c1-35(2,3)29-19-14-26(15-20-29)18-23-33(39)38(25-28-16-21-30(36)22-17-28)32(24-27-10-6-4-7-11-27)34(40)37-31-12-8-5-9-13-31/h4,6-7,10-11,14-17,19-22,31-32H,5,8-9,12-13,18,23-25H2,1-3H3,(H,37,40)/t32-/m0/s1. The topological polar surface area (TPSA) is 49.4 Å². The first-order valence-corrected chi connectivity index (χ1v) is 15.0. The number of rotatable bonds is 10. The Morgan fingerprint density at radius 1 is 0.850 bits per heavy atom. The monoisotopic (exact) mass is 558 g/mol. The van der Waals surface area contributed by atoms with E-state index in [0.717, 1.165) is 42.4 Å². The van der Waals surface area contributed by atoms with Crippen molar-refractivity contribution in [3.05, 3.63) is 106 Å². The molecule has 212 valence electrons. The molecule has 0 heterocycles. The molecule has 40 heavy (non-hydrogen) atoms. The Balaban J connectivity index is 1.58. The van der Waals surface area contributed by atoms with Gasteiger partial charge in [-0.2, -0.15) is 0 Å². The van der Waals surface area contributed by atoms with E-state index in [1.165, 1.54) is 12.0 Å². The number of nitrogens with one attached hydrogen (secondary N) is 1. The summed E-state index contributed by atoms with van der Waals surface area (Å²) < 4.78 is 0. The molecule has 3 aromatic rings. The van der Waals surface area contributed by atoms with Crippen molar-refractivity contribution >= 4 is 23.4 Å². The van der Waals surface area contributed by atoms with Crippen molar-refractivity contribution in [3.8, 4) is 0 Å². The number of hydrogen-bond acceptors (Lipinski definition) is 2. The van der Waals surface area contributed by atoms with Crippen molar-refractivity contribution in [1.82, 2.24) is 10.2 Å². The first-order chi connectivity index (χ1) is 19.2. The molecular formula is C35H43ClN2O2. The minimum Gasteiger partial charge on any atom is -0.352 e. The van der Waals surface area contributed by atoms with Gasteiger partial charge in [0.25, 0.3) is 0 Å². The molecule has 0 aromatic heterocycles. The number of nitrogens with zero attached hydrogens (tertiary/aromatic N) is 1. The van der Waals surface area contributed by atoms with Gasteiger partial charge in [-0.15, -0.1) is 0 Å². The molecule has 4 rings (SSSR count). The maximum Gasteiger partial charge on any atom is 0.243 e. The lowest BCUT2D eigenvalue weighted by Crippen LogP contribution is -2.52. The molecule has 1 atom stereocenters.